The summed E-state index contributed by atoms with van der Waals surface area (Å²) in [6, 6.07) is 3.89. The summed E-state index contributed by atoms with van der Waals surface area (Å²) in [7, 11) is 0. The molecule has 12 heteroatoms. The van der Waals surface area contributed by atoms with E-state index in [1.807, 2.05) is 0 Å². The summed E-state index contributed by atoms with van der Waals surface area (Å²) in [6.07, 6.45) is -12.3. The van der Waals surface area contributed by atoms with Gasteiger partial charge in [-0.3, -0.25) is 10.0 Å². The fourth-order valence-electron chi connectivity index (χ4n) is 1.37. The molecule has 0 spiro atoms. The first-order valence-corrected chi connectivity index (χ1v) is 5.59. The summed E-state index contributed by atoms with van der Waals surface area (Å²) in [5.41, 5.74) is -1.57. The topological polar surface area (TPSA) is 75.6 Å². The molecule has 0 saturated carbocycles. The molecule has 1 aromatic rings. The number of nitrogens with zero attached hydrogens (tertiary/aromatic N) is 1. The Morgan fingerprint density at radius 2 is 1.59 bits per heavy atom. The summed E-state index contributed by atoms with van der Waals surface area (Å²) in [6.45, 7) is 0. The van der Waals surface area contributed by atoms with Crippen LogP contribution in [0, 0.1) is 5.21 Å². The van der Waals surface area contributed by atoms with Crippen LogP contribution >= 0.6 is 11.6 Å². The highest BCUT2D eigenvalue weighted by Gasteiger charge is 2.75. The second-order valence-electron chi connectivity index (χ2n) is 3.90. The van der Waals surface area contributed by atoms with Crippen molar-refractivity contribution in [2.45, 2.75) is 17.2 Å². The van der Waals surface area contributed by atoms with Gasteiger partial charge >= 0.3 is 17.2 Å². The first-order valence-electron chi connectivity index (χ1n) is 5.21. The Morgan fingerprint density at radius 1 is 1.14 bits per heavy atom. The normalized spacial score (nSPS) is 13.0. The molecule has 1 amide bonds. The van der Waals surface area contributed by atoms with Crippen LogP contribution in [0.1, 0.15) is 0 Å². The number of nitrogens with one attached hydrogen (secondary N) is 1. The van der Waals surface area contributed by atoms with E-state index in [0.717, 1.165) is 24.3 Å². The average Bonchev–Trinajstić information content (AvgIpc) is 2.35. The summed E-state index contributed by atoms with van der Waals surface area (Å²) in [5, 5.41) is 19.8. The van der Waals surface area contributed by atoms with Crippen LogP contribution in [0.5, 0.6) is 0 Å². The molecule has 0 saturated heterocycles. The maximum absolute atomic E-state index is 12.6. The van der Waals surface area contributed by atoms with Crippen molar-refractivity contribution in [1.82, 2.24) is 0 Å². The quantitative estimate of drug-likeness (QED) is 0.497. The lowest BCUT2D eigenvalue weighted by Crippen LogP contribution is -2.60. The van der Waals surface area contributed by atoms with Gasteiger partial charge in [-0.25, -0.2) is 0 Å². The molecular formula is C10H6ClF6N2O3-. The van der Waals surface area contributed by atoms with Crippen LogP contribution in [0.25, 0.3) is 0 Å². The third kappa shape index (κ3) is 3.20. The van der Waals surface area contributed by atoms with E-state index < -0.39 is 39.7 Å². The largest absolute Gasteiger partial charge is 0.733 e. The van der Waals surface area contributed by atoms with E-state index in [9.17, 15) is 36.3 Å². The van der Waals surface area contributed by atoms with Crippen molar-refractivity contribution in [2.24, 2.45) is 0 Å². The van der Waals surface area contributed by atoms with Gasteiger partial charge in [0.25, 0.3) is 5.91 Å². The van der Waals surface area contributed by atoms with E-state index in [-0.39, 0.29) is 0 Å². The Morgan fingerprint density at radius 3 is 2.00 bits per heavy atom. The zero-order valence-electron chi connectivity index (χ0n) is 10.2. The highest BCUT2D eigenvalue weighted by atomic mass is 35.5. The molecule has 0 aromatic heterocycles. The highest BCUT2D eigenvalue weighted by molar-refractivity contribution is 6.38. The predicted molar refractivity (Wildman–Crippen MR) is 63.4 cm³/mol. The van der Waals surface area contributed by atoms with E-state index in [1.165, 1.54) is 5.32 Å². The number of hydrogen-bond donors (Lipinski definition) is 2. The molecule has 0 aliphatic heterocycles. The number of halogens is 7. The van der Waals surface area contributed by atoms with Gasteiger partial charge in [-0.15, -0.1) is 0 Å². The van der Waals surface area contributed by atoms with Gasteiger partial charge in [-0.05, 0) is 12.1 Å². The lowest BCUT2D eigenvalue weighted by Gasteiger charge is -2.31. The molecule has 124 valence electrons. The van der Waals surface area contributed by atoms with Crippen molar-refractivity contribution in [3.63, 3.8) is 0 Å². The van der Waals surface area contributed by atoms with Crippen LogP contribution in [0.4, 0.5) is 37.7 Å². The number of para-hydroxylation sites is 2. The monoisotopic (exact) mass is 351 g/mol. The van der Waals surface area contributed by atoms with Crippen LogP contribution in [0.3, 0.4) is 0 Å². The molecule has 0 atom stereocenters. The summed E-state index contributed by atoms with van der Waals surface area (Å²) in [5.74, 6) is -2.66. The number of anilines is 2. The molecule has 22 heavy (non-hydrogen) atoms. The summed E-state index contributed by atoms with van der Waals surface area (Å²) >= 11 is 4.51. The number of carbonyl (C=O) groups excluding carboxylic acids is 1. The van der Waals surface area contributed by atoms with Crippen molar-refractivity contribution in [3.05, 3.63) is 29.5 Å². The summed E-state index contributed by atoms with van der Waals surface area (Å²) in [4.78, 5) is 6.21. The van der Waals surface area contributed by atoms with Gasteiger partial charge < -0.3 is 15.8 Å². The van der Waals surface area contributed by atoms with E-state index in [1.54, 1.807) is 0 Å². The minimum atomic E-state index is -6.15. The van der Waals surface area contributed by atoms with Crippen LogP contribution in [-0.2, 0) is 4.79 Å². The maximum Gasteiger partial charge on any atom is 0.425 e. The Kier molecular flexibility index (Phi) is 4.85. The van der Waals surface area contributed by atoms with Crippen molar-refractivity contribution in [2.75, 3.05) is 10.5 Å². The lowest BCUT2D eigenvalue weighted by molar-refractivity contribution is -0.258. The van der Waals surface area contributed by atoms with Crippen LogP contribution < -0.4 is 10.5 Å². The molecular weight excluding hydrogens is 346 g/mol. The number of alkyl halides is 7. The molecule has 2 N–H and O–H groups in total. The first-order chi connectivity index (χ1) is 9.82. The van der Waals surface area contributed by atoms with Gasteiger partial charge in [0.2, 0.25) is 0 Å². The number of amides is 1. The predicted octanol–water partition coefficient (Wildman–Crippen LogP) is 3.42. The minimum Gasteiger partial charge on any atom is -0.733 e. The Balaban J connectivity index is 3.25. The number of hydrogen-bond acceptors (Lipinski definition) is 4. The molecule has 0 bridgehead atoms. The molecule has 0 heterocycles. The van der Waals surface area contributed by atoms with Crippen LogP contribution in [0.2, 0.25) is 0 Å². The Bertz CT molecular complexity index is 546. The smallest absolute Gasteiger partial charge is 0.425 e. The molecule has 1 rings (SSSR count). The third-order valence-corrected chi connectivity index (χ3v) is 3.05. The number of carbonyl (C=O) groups is 1. The maximum atomic E-state index is 12.6. The minimum absolute atomic E-state index is 0.779. The molecule has 0 unspecified atom stereocenters. The molecule has 0 fully saturated rings. The molecule has 0 aliphatic carbocycles. The standard InChI is InChI=1S/C10H6ClF6N2O3/c11-8(9(12,13)14,10(15,16)17)7(20)18-5-3-1-2-4-6(5)19(21)22/h1-4,21H,(H,18,20)/q-1. The molecule has 5 nitrogen and oxygen atoms in total. The van der Waals surface area contributed by atoms with Gasteiger partial charge in [0.1, 0.15) is 0 Å². The van der Waals surface area contributed by atoms with E-state index >= 15 is 0 Å². The number of benzene rings is 1. The van der Waals surface area contributed by atoms with Gasteiger partial charge in [0.05, 0.1) is 11.4 Å². The number of rotatable bonds is 3. The second kappa shape index (κ2) is 5.82. The van der Waals surface area contributed by atoms with Gasteiger partial charge in [0.15, 0.2) is 0 Å². The molecule has 1 aromatic carbocycles. The fraction of sp³-hybridized carbons (Fsp3) is 0.300. The fourth-order valence-corrected chi connectivity index (χ4v) is 1.42. The zero-order valence-corrected chi connectivity index (χ0v) is 10.9. The lowest BCUT2D eigenvalue weighted by atomic mass is 10.1. The van der Waals surface area contributed by atoms with Crippen molar-refractivity contribution in [3.8, 4) is 0 Å². The van der Waals surface area contributed by atoms with Gasteiger partial charge in [-0.1, -0.05) is 23.7 Å². The average molecular weight is 352 g/mol. The second-order valence-corrected chi connectivity index (χ2v) is 4.47. The Hall–Kier alpha value is -1.72. The van der Waals surface area contributed by atoms with Crippen molar-refractivity contribution < 1.29 is 36.3 Å². The highest BCUT2D eigenvalue weighted by Crippen LogP contribution is 2.48. The van der Waals surface area contributed by atoms with Crippen LogP contribution in [-0.4, -0.2) is 28.3 Å². The van der Waals surface area contributed by atoms with Crippen molar-refractivity contribution in [1.29, 1.82) is 0 Å². The third-order valence-electron chi connectivity index (χ3n) is 2.45. The van der Waals surface area contributed by atoms with Gasteiger partial charge in [-0.2, -0.15) is 26.3 Å². The van der Waals surface area contributed by atoms with E-state index in [4.69, 9.17) is 5.21 Å². The SMILES string of the molecule is O=C(Nc1ccccc1N([O-])O)C(Cl)(C(F)(F)F)C(F)(F)F. The van der Waals surface area contributed by atoms with Gasteiger partial charge in [0, 0.05) is 0 Å². The molecule has 0 aliphatic rings. The zero-order chi connectivity index (χ0) is 17.3. The van der Waals surface area contributed by atoms with Crippen molar-refractivity contribution >= 4 is 28.9 Å². The molecule has 0 radical (unpaired) electrons. The van der Waals surface area contributed by atoms with Crippen LogP contribution in [0.15, 0.2) is 24.3 Å². The Labute approximate surface area is 123 Å². The summed E-state index contributed by atoms with van der Waals surface area (Å²) < 4.78 is 75.5. The van der Waals surface area contributed by atoms with E-state index in [2.05, 4.69) is 11.6 Å². The van der Waals surface area contributed by atoms with E-state index in [0.29, 0.717) is 0 Å². The first kappa shape index (κ1) is 18.3.